The van der Waals surface area contributed by atoms with Crippen LogP contribution in [0.3, 0.4) is 0 Å². The third kappa shape index (κ3) is 5.42. The number of amides is 1. The lowest BCUT2D eigenvalue weighted by molar-refractivity contribution is -0.215. The van der Waals surface area contributed by atoms with Gasteiger partial charge in [-0.2, -0.15) is 0 Å². The minimum absolute atomic E-state index is 0.106. The van der Waals surface area contributed by atoms with Crippen molar-refractivity contribution in [2.24, 2.45) is 0 Å². The van der Waals surface area contributed by atoms with Crippen LogP contribution in [0.5, 0.6) is 0 Å². The first kappa shape index (κ1) is 20.8. The van der Waals surface area contributed by atoms with Gasteiger partial charge in [-0.3, -0.25) is 4.79 Å². The van der Waals surface area contributed by atoms with Gasteiger partial charge in [0, 0.05) is 23.9 Å². The van der Waals surface area contributed by atoms with Crippen LogP contribution in [0.2, 0.25) is 0 Å². The summed E-state index contributed by atoms with van der Waals surface area (Å²) in [6, 6.07) is 1.92. The van der Waals surface area contributed by atoms with Gasteiger partial charge < -0.3 is 14.8 Å². The van der Waals surface area contributed by atoms with Gasteiger partial charge in [-0.1, -0.05) is 0 Å². The predicted molar refractivity (Wildman–Crippen MR) is 113 cm³/mol. The number of hydrogen-bond acceptors (Lipinski definition) is 3. The van der Waals surface area contributed by atoms with Crippen molar-refractivity contribution in [3.8, 4) is 0 Å². The first-order valence-electron chi connectivity index (χ1n) is 6.96. The van der Waals surface area contributed by atoms with E-state index >= 15 is 0 Å². The number of carbonyl (C=O) groups excluding carboxylic acids is 1. The van der Waals surface area contributed by atoms with E-state index in [4.69, 9.17) is 9.47 Å². The number of nitrogens with one attached hydrogen (secondary N) is 1. The monoisotopic (exact) mass is 643 g/mol. The van der Waals surface area contributed by atoms with Gasteiger partial charge in [-0.15, -0.1) is 0 Å². The second-order valence-electron chi connectivity index (χ2n) is 4.84. The lowest BCUT2D eigenvalue weighted by Gasteiger charge is -2.29. The molecule has 0 saturated heterocycles. The Hall–Kier alpha value is 0.800. The molecule has 0 fully saturated rings. The second-order valence-corrected chi connectivity index (χ2v) is 8.16. The van der Waals surface area contributed by atoms with Crippen molar-refractivity contribution >= 4 is 73.7 Å². The van der Waals surface area contributed by atoms with Gasteiger partial charge in [0.05, 0.1) is 12.1 Å². The summed E-state index contributed by atoms with van der Waals surface area (Å²) in [6.45, 7) is 9.10. The van der Waals surface area contributed by atoms with Crippen LogP contribution in [0.15, 0.2) is 6.07 Å². The normalized spacial score (nSPS) is 11.6. The van der Waals surface area contributed by atoms with Crippen LogP contribution in [0.1, 0.15) is 36.7 Å². The van der Waals surface area contributed by atoms with Crippen molar-refractivity contribution in [1.29, 1.82) is 0 Å². The number of benzene rings is 1. The van der Waals surface area contributed by atoms with Gasteiger partial charge in [0.2, 0.25) is 0 Å². The highest BCUT2D eigenvalue weighted by Crippen LogP contribution is 2.27. The Bertz CT molecular complexity index is 543. The van der Waals surface area contributed by atoms with Crippen molar-refractivity contribution in [2.45, 2.75) is 33.5 Å². The molecular formula is C15H20I3NO3. The molecule has 1 aromatic rings. The molecule has 124 valence electrons. The highest BCUT2D eigenvalue weighted by atomic mass is 127. The van der Waals surface area contributed by atoms with Crippen LogP contribution in [-0.4, -0.2) is 31.5 Å². The highest BCUT2D eigenvalue weighted by molar-refractivity contribution is 14.1. The zero-order valence-corrected chi connectivity index (χ0v) is 19.5. The summed E-state index contributed by atoms with van der Waals surface area (Å²) < 4.78 is 14.4. The summed E-state index contributed by atoms with van der Waals surface area (Å²) >= 11 is 6.76. The summed E-state index contributed by atoms with van der Waals surface area (Å²) in [6.07, 6.45) is 0. The van der Waals surface area contributed by atoms with Crippen LogP contribution >= 0.6 is 67.8 Å². The van der Waals surface area contributed by atoms with E-state index in [2.05, 4.69) is 80.0 Å². The number of carbonyl (C=O) groups is 1. The van der Waals surface area contributed by atoms with Gasteiger partial charge in [-0.05, 0) is 107 Å². The fourth-order valence-electron chi connectivity index (χ4n) is 1.94. The van der Waals surface area contributed by atoms with E-state index in [1.165, 1.54) is 5.56 Å². The van der Waals surface area contributed by atoms with E-state index in [0.29, 0.717) is 25.3 Å². The Morgan fingerprint density at radius 1 is 1.18 bits per heavy atom. The second kappa shape index (κ2) is 9.33. The summed E-state index contributed by atoms with van der Waals surface area (Å²) in [4.78, 5) is 12.5. The lowest BCUT2D eigenvalue weighted by atomic mass is 10.1. The van der Waals surface area contributed by atoms with Crippen LogP contribution in [-0.2, 0) is 9.47 Å². The third-order valence-corrected chi connectivity index (χ3v) is 7.72. The summed E-state index contributed by atoms with van der Waals surface area (Å²) in [5.41, 5.74) is 1.89. The van der Waals surface area contributed by atoms with E-state index in [-0.39, 0.29) is 5.91 Å². The molecule has 7 heteroatoms. The van der Waals surface area contributed by atoms with Gasteiger partial charge in [0.15, 0.2) is 5.79 Å². The number of hydrogen-bond donors (Lipinski definition) is 1. The molecule has 0 saturated carbocycles. The molecule has 0 spiro atoms. The topological polar surface area (TPSA) is 47.6 Å². The SMILES string of the molecule is CCOC(C)(CNC(=O)c1cc(I)c(C)c(I)c1I)OCC. The molecule has 0 radical (unpaired) electrons. The van der Waals surface area contributed by atoms with Gasteiger partial charge >= 0.3 is 0 Å². The Balaban J connectivity index is 2.90. The smallest absolute Gasteiger partial charge is 0.252 e. The molecule has 0 unspecified atom stereocenters. The van der Waals surface area contributed by atoms with E-state index < -0.39 is 5.79 Å². The molecule has 1 amide bonds. The molecule has 0 aliphatic rings. The maximum absolute atomic E-state index is 12.5. The lowest BCUT2D eigenvalue weighted by Crippen LogP contribution is -2.45. The molecule has 0 aromatic heterocycles. The van der Waals surface area contributed by atoms with Crippen LogP contribution in [0.4, 0.5) is 0 Å². The zero-order chi connectivity index (χ0) is 16.9. The Morgan fingerprint density at radius 3 is 2.23 bits per heavy atom. The van der Waals surface area contributed by atoms with Crippen molar-refractivity contribution in [1.82, 2.24) is 5.32 Å². The fourth-order valence-corrected chi connectivity index (χ4v) is 4.43. The Kier molecular flexibility index (Phi) is 8.84. The Morgan fingerprint density at radius 2 is 1.73 bits per heavy atom. The van der Waals surface area contributed by atoms with Crippen molar-refractivity contribution < 1.29 is 14.3 Å². The molecule has 0 aliphatic heterocycles. The maximum atomic E-state index is 12.5. The average molecular weight is 643 g/mol. The number of ether oxygens (including phenoxy) is 2. The quantitative estimate of drug-likeness (QED) is 0.274. The van der Waals surface area contributed by atoms with E-state index in [1.807, 2.05) is 26.8 Å². The van der Waals surface area contributed by atoms with Gasteiger partial charge in [0.25, 0.3) is 5.91 Å². The summed E-state index contributed by atoms with van der Waals surface area (Å²) in [5.74, 6) is -0.902. The van der Waals surface area contributed by atoms with E-state index in [9.17, 15) is 4.79 Å². The minimum atomic E-state index is -0.796. The molecule has 0 heterocycles. The van der Waals surface area contributed by atoms with Gasteiger partial charge in [0.1, 0.15) is 0 Å². The maximum Gasteiger partial charge on any atom is 0.252 e. The molecule has 4 nitrogen and oxygen atoms in total. The minimum Gasteiger partial charge on any atom is -0.349 e. The molecular weight excluding hydrogens is 623 g/mol. The molecule has 0 bridgehead atoms. The van der Waals surface area contributed by atoms with Gasteiger partial charge in [-0.25, -0.2) is 0 Å². The molecule has 1 rings (SSSR count). The van der Waals surface area contributed by atoms with Crippen molar-refractivity contribution in [3.05, 3.63) is 27.9 Å². The summed E-state index contributed by atoms with van der Waals surface area (Å²) in [5, 5.41) is 2.92. The standard InChI is InChI=1S/C15H20I3NO3/c1-5-21-15(4,22-6-2)8-19-14(20)10-7-11(16)9(3)12(17)13(10)18/h7H,5-6,8H2,1-4H3,(H,19,20). The largest absolute Gasteiger partial charge is 0.349 e. The molecule has 22 heavy (non-hydrogen) atoms. The molecule has 0 atom stereocenters. The number of halogens is 3. The number of rotatable bonds is 7. The molecule has 1 aromatic carbocycles. The first-order valence-corrected chi connectivity index (χ1v) is 10.2. The van der Waals surface area contributed by atoms with E-state index in [0.717, 1.165) is 10.7 Å². The fraction of sp³-hybridized carbons (Fsp3) is 0.533. The van der Waals surface area contributed by atoms with Crippen LogP contribution in [0, 0.1) is 17.6 Å². The van der Waals surface area contributed by atoms with Crippen LogP contribution in [0.25, 0.3) is 0 Å². The van der Waals surface area contributed by atoms with Crippen molar-refractivity contribution in [2.75, 3.05) is 19.8 Å². The summed E-state index contributed by atoms with van der Waals surface area (Å²) in [7, 11) is 0. The predicted octanol–water partition coefficient (Wildman–Crippen LogP) is 4.33. The Labute approximate surface area is 172 Å². The molecule has 1 N–H and O–H groups in total. The zero-order valence-electron chi connectivity index (χ0n) is 13.1. The van der Waals surface area contributed by atoms with E-state index in [1.54, 1.807) is 0 Å². The van der Waals surface area contributed by atoms with Crippen molar-refractivity contribution in [3.63, 3.8) is 0 Å². The highest BCUT2D eigenvalue weighted by Gasteiger charge is 2.26. The molecule has 0 aliphatic carbocycles. The van der Waals surface area contributed by atoms with Crippen LogP contribution < -0.4 is 5.32 Å². The third-order valence-electron chi connectivity index (χ3n) is 3.10. The average Bonchev–Trinajstić information content (AvgIpc) is 2.47. The first-order chi connectivity index (χ1) is 10.3.